The van der Waals surface area contributed by atoms with Crippen LogP contribution in [0.25, 0.3) is 11.4 Å². The van der Waals surface area contributed by atoms with E-state index in [0.29, 0.717) is 18.6 Å². The third-order valence-corrected chi connectivity index (χ3v) is 3.17. The fourth-order valence-corrected chi connectivity index (χ4v) is 2.11. The molecular weight excluding hydrogens is 228 g/mol. The molecule has 1 fully saturated rings. The van der Waals surface area contributed by atoms with Crippen LogP contribution in [-0.4, -0.2) is 34.1 Å². The Morgan fingerprint density at radius 1 is 1.11 bits per heavy atom. The van der Waals surface area contributed by atoms with E-state index in [-0.39, 0.29) is 0 Å². The van der Waals surface area contributed by atoms with Crippen LogP contribution in [0.3, 0.4) is 0 Å². The van der Waals surface area contributed by atoms with E-state index in [1.807, 2.05) is 30.5 Å². The SMILES string of the molecule is O=C1CCN(c2ccc(-c3ccc[nH]3)nn2)CC1. The van der Waals surface area contributed by atoms with Crippen LogP contribution in [0.4, 0.5) is 5.82 Å². The van der Waals surface area contributed by atoms with E-state index in [9.17, 15) is 4.79 Å². The fraction of sp³-hybridized carbons (Fsp3) is 0.308. The number of H-pyrrole nitrogens is 1. The molecule has 1 saturated heterocycles. The highest BCUT2D eigenvalue weighted by Crippen LogP contribution is 2.18. The van der Waals surface area contributed by atoms with Crippen LogP contribution in [0.1, 0.15) is 12.8 Å². The van der Waals surface area contributed by atoms with Crippen molar-refractivity contribution < 1.29 is 4.79 Å². The van der Waals surface area contributed by atoms with Gasteiger partial charge in [0, 0.05) is 32.1 Å². The number of hydrogen-bond donors (Lipinski definition) is 1. The second-order valence-corrected chi connectivity index (χ2v) is 4.39. The molecule has 5 nitrogen and oxygen atoms in total. The van der Waals surface area contributed by atoms with E-state index in [1.165, 1.54) is 0 Å². The molecule has 5 heteroatoms. The highest BCUT2D eigenvalue weighted by molar-refractivity contribution is 5.80. The number of Topliss-reactive ketones (excluding diaryl/α,β-unsaturated/α-hetero) is 1. The smallest absolute Gasteiger partial charge is 0.151 e. The molecule has 1 aliphatic rings. The third-order valence-electron chi connectivity index (χ3n) is 3.17. The lowest BCUT2D eigenvalue weighted by atomic mass is 10.1. The molecule has 0 saturated carbocycles. The van der Waals surface area contributed by atoms with Crippen molar-refractivity contribution in [1.29, 1.82) is 0 Å². The van der Waals surface area contributed by atoms with E-state index in [1.54, 1.807) is 0 Å². The Morgan fingerprint density at radius 2 is 1.94 bits per heavy atom. The van der Waals surface area contributed by atoms with Crippen molar-refractivity contribution in [2.24, 2.45) is 0 Å². The monoisotopic (exact) mass is 242 g/mol. The highest BCUT2D eigenvalue weighted by atomic mass is 16.1. The largest absolute Gasteiger partial charge is 0.360 e. The van der Waals surface area contributed by atoms with Gasteiger partial charge in [0.15, 0.2) is 5.82 Å². The summed E-state index contributed by atoms with van der Waals surface area (Å²) >= 11 is 0. The van der Waals surface area contributed by atoms with Gasteiger partial charge in [-0.1, -0.05) is 0 Å². The molecule has 0 amide bonds. The zero-order valence-electron chi connectivity index (χ0n) is 9.97. The van der Waals surface area contributed by atoms with Crippen LogP contribution in [0, 0.1) is 0 Å². The van der Waals surface area contributed by atoms with Gasteiger partial charge in [-0.3, -0.25) is 4.79 Å². The topological polar surface area (TPSA) is 61.9 Å². The molecule has 1 N–H and O–H groups in total. The van der Waals surface area contributed by atoms with Crippen LogP contribution in [-0.2, 0) is 4.79 Å². The van der Waals surface area contributed by atoms with Crippen LogP contribution in [0.15, 0.2) is 30.5 Å². The Balaban J connectivity index is 1.77. The number of ketones is 1. The molecule has 0 bridgehead atoms. The molecule has 3 heterocycles. The molecule has 1 aliphatic heterocycles. The van der Waals surface area contributed by atoms with Crippen molar-refractivity contribution in [2.75, 3.05) is 18.0 Å². The molecule has 18 heavy (non-hydrogen) atoms. The van der Waals surface area contributed by atoms with E-state index >= 15 is 0 Å². The molecule has 0 spiro atoms. The van der Waals surface area contributed by atoms with Gasteiger partial charge in [0.2, 0.25) is 0 Å². The van der Waals surface area contributed by atoms with E-state index < -0.39 is 0 Å². The van der Waals surface area contributed by atoms with Crippen molar-refractivity contribution in [1.82, 2.24) is 15.2 Å². The van der Waals surface area contributed by atoms with Crippen molar-refractivity contribution in [3.8, 4) is 11.4 Å². The maximum absolute atomic E-state index is 11.2. The molecule has 0 unspecified atom stereocenters. The number of nitrogens with zero attached hydrogens (tertiary/aromatic N) is 3. The lowest BCUT2D eigenvalue weighted by Crippen LogP contribution is -2.34. The Hall–Kier alpha value is -2.17. The predicted molar refractivity (Wildman–Crippen MR) is 68.3 cm³/mol. The van der Waals surface area contributed by atoms with Crippen LogP contribution < -0.4 is 4.90 Å². The van der Waals surface area contributed by atoms with Crippen molar-refractivity contribution in [3.05, 3.63) is 30.5 Å². The summed E-state index contributed by atoms with van der Waals surface area (Å²) in [4.78, 5) is 16.4. The molecule has 0 aliphatic carbocycles. The Labute approximate surface area is 105 Å². The summed E-state index contributed by atoms with van der Waals surface area (Å²) in [6, 6.07) is 7.80. The first kappa shape index (κ1) is 11.0. The predicted octanol–water partition coefficient (Wildman–Crippen LogP) is 1.64. The fourth-order valence-electron chi connectivity index (χ4n) is 2.11. The number of rotatable bonds is 2. The lowest BCUT2D eigenvalue weighted by Gasteiger charge is -2.26. The number of carbonyl (C=O) groups excluding carboxylic acids is 1. The minimum absolute atomic E-state index is 0.335. The van der Waals surface area contributed by atoms with E-state index in [2.05, 4.69) is 20.1 Å². The average molecular weight is 242 g/mol. The molecule has 0 radical (unpaired) electrons. The molecule has 2 aromatic rings. The van der Waals surface area contributed by atoms with Crippen LogP contribution in [0.5, 0.6) is 0 Å². The van der Waals surface area contributed by atoms with Gasteiger partial charge in [-0.05, 0) is 24.3 Å². The van der Waals surface area contributed by atoms with Crippen molar-refractivity contribution >= 4 is 11.6 Å². The van der Waals surface area contributed by atoms with Gasteiger partial charge in [0.1, 0.15) is 11.5 Å². The third kappa shape index (κ3) is 2.11. The summed E-state index contributed by atoms with van der Waals surface area (Å²) < 4.78 is 0. The summed E-state index contributed by atoms with van der Waals surface area (Å²) in [5, 5.41) is 8.44. The van der Waals surface area contributed by atoms with Gasteiger partial charge in [-0.25, -0.2) is 0 Å². The number of anilines is 1. The molecule has 0 aromatic carbocycles. The zero-order valence-corrected chi connectivity index (χ0v) is 9.97. The summed E-state index contributed by atoms with van der Waals surface area (Å²) in [5.74, 6) is 1.18. The second-order valence-electron chi connectivity index (χ2n) is 4.39. The summed E-state index contributed by atoms with van der Waals surface area (Å²) in [6.07, 6.45) is 3.08. The number of hydrogen-bond acceptors (Lipinski definition) is 4. The van der Waals surface area contributed by atoms with E-state index in [0.717, 1.165) is 30.3 Å². The van der Waals surface area contributed by atoms with Gasteiger partial charge < -0.3 is 9.88 Å². The summed E-state index contributed by atoms with van der Waals surface area (Å²) in [6.45, 7) is 1.49. The highest BCUT2D eigenvalue weighted by Gasteiger charge is 2.17. The first-order valence-electron chi connectivity index (χ1n) is 6.07. The van der Waals surface area contributed by atoms with Gasteiger partial charge in [-0.15, -0.1) is 10.2 Å². The van der Waals surface area contributed by atoms with Crippen LogP contribution >= 0.6 is 0 Å². The normalized spacial score (nSPS) is 16.0. The number of piperidine rings is 1. The number of aromatic nitrogens is 3. The van der Waals surface area contributed by atoms with Crippen LogP contribution in [0.2, 0.25) is 0 Å². The number of carbonyl (C=O) groups is 1. The maximum atomic E-state index is 11.2. The first-order chi connectivity index (χ1) is 8.83. The first-order valence-corrected chi connectivity index (χ1v) is 6.07. The molecule has 92 valence electrons. The standard InChI is InChI=1S/C13H14N4O/c18-10-5-8-17(9-6-10)13-4-3-12(15-16-13)11-2-1-7-14-11/h1-4,7,14H,5-6,8-9H2. The molecule has 3 rings (SSSR count). The Kier molecular flexibility index (Phi) is 2.80. The van der Waals surface area contributed by atoms with Crippen molar-refractivity contribution in [3.63, 3.8) is 0 Å². The summed E-state index contributed by atoms with van der Waals surface area (Å²) in [7, 11) is 0. The van der Waals surface area contributed by atoms with Gasteiger partial charge in [0.25, 0.3) is 0 Å². The van der Waals surface area contributed by atoms with Gasteiger partial charge in [-0.2, -0.15) is 0 Å². The number of aromatic amines is 1. The summed E-state index contributed by atoms with van der Waals surface area (Å²) in [5.41, 5.74) is 1.79. The lowest BCUT2D eigenvalue weighted by molar-refractivity contribution is -0.119. The zero-order chi connectivity index (χ0) is 12.4. The quantitative estimate of drug-likeness (QED) is 0.869. The Morgan fingerprint density at radius 3 is 2.56 bits per heavy atom. The molecule has 2 aromatic heterocycles. The van der Waals surface area contributed by atoms with E-state index in [4.69, 9.17) is 0 Å². The van der Waals surface area contributed by atoms with Crippen molar-refractivity contribution in [2.45, 2.75) is 12.8 Å². The molecular formula is C13H14N4O. The second kappa shape index (κ2) is 4.60. The minimum atomic E-state index is 0.335. The minimum Gasteiger partial charge on any atom is -0.360 e. The van der Waals surface area contributed by atoms with Gasteiger partial charge >= 0.3 is 0 Å². The Bertz CT molecular complexity index is 523. The number of nitrogens with one attached hydrogen (secondary N) is 1. The van der Waals surface area contributed by atoms with Gasteiger partial charge in [0.05, 0.1) is 5.69 Å². The molecule has 0 atom stereocenters. The maximum Gasteiger partial charge on any atom is 0.151 e. The average Bonchev–Trinajstić information content (AvgIpc) is 2.94.